The first-order chi connectivity index (χ1) is 19.9. The first-order valence-corrected chi connectivity index (χ1v) is 10.1. The smallest absolute Gasteiger partial charge is 0.123 e. The Morgan fingerprint density at radius 1 is 1.39 bits per heavy atom. The molecule has 1 aliphatic rings. The highest BCUT2D eigenvalue weighted by atomic mass is 19.1. The van der Waals surface area contributed by atoms with E-state index in [2.05, 4.69) is 9.97 Å². The number of H-pyrrole nitrogens is 1. The average Bonchev–Trinajstić information content (AvgIpc) is 3.33. The summed E-state index contributed by atoms with van der Waals surface area (Å²) in [7, 11) is 0. The van der Waals surface area contributed by atoms with Crippen LogP contribution in [0.4, 0.5) is 4.39 Å². The van der Waals surface area contributed by atoms with Gasteiger partial charge in [-0.3, -0.25) is 0 Å². The van der Waals surface area contributed by atoms with Crippen molar-refractivity contribution in [3.05, 3.63) is 65.2 Å². The van der Waals surface area contributed by atoms with Crippen LogP contribution in [0.3, 0.4) is 0 Å². The van der Waals surface area contributed by atoms with E-state index in [1.807, 2.05) is 0 Å². The lowest BCUT2D eigenvalue weighted by atomic mass is 9.66. The van der Waals surface area contributed by atoms with E-state index in [9.17, 15) is 9.50 Å². The molecule has 2 N–H and O–H groups in total. The van der Waals surface area contributed by atoms with Gasteiger partial charge in [-0.1, -0.05) is 32.0 Å². The van der Waals surface area contributed by atoms with E-state index < -0.39 is 81.0 Å². The lowest BCUT2D eigenvalue weighted by Gasteiger charge is -2.44. The molecule has 1 heterocycles. The molecule has 1 aliphatic carbocycles. The maximum Gasteiger partial charge on any atom is 0.123 e. The largest absolute Gasteiger partial charge is 0.389 e. The normalized spacial score (nSPS) is 32.5. The molecule has 0 saturated carbocycles. The lowest BCUT2D eigenvalue weighted by Crippen LogP contribution is -2.45. The zero-order valence-corrected chi connectivity index (χ0v) is 17.3. The van der Waals surface area contributed by atoms with Gasteiger partial charge in [-0.2, -0.15) is 0 Å². The number of benzene rings is 2. The van der Waals surface area contributed by atoms with Crippen LogP contribution in [-0.2, 0) is 12.7 Å². The van der Waals surface area contributed by atoms with E-state index in [1.165, 1.54) is 12.1 Å². The molecular weight excluding hydrogens is 389 g/mol. The van der Waals surface area contributed by atoms with Crippen LogP contribution in [0.25, 0.3) is 11.0 Å². The van der Waals surface area contributed by atoms with Gasteiger partial charge in [0.05, 0.1) is 16.6 Å². The zero-order chi connectivity index (χ0) is 33.5. The SMILES string of the molecule is [2H]C([2H])([2H])N(CC[C@@]1(O)[C@@H](C(C)C)c2ccc(F)cc2C([2H])([2H])C1([2H])[2H])C([2H])([2H])C([2H])([2H])C([2H])([2H])c1nc2ccccc2[nH]1. The van der Waals surface area contributed by atoms with Gasteiger partial charge in [-0.25, -0.2) is 9.37 Å². The van der Waals surface area contributed by atoms with Crippen molar-refractivity contribution >= 4 is 11.0 Å². The molecule has 0 bridgehead atoms. The molecule has 0 unspecified atom stereocenters. The van der Waals surface area contributed by atoms with Gasteiger partial charge in [0.1, 0.15) is 11.6 Å². The molecule has 1 aromatic heterocycles. The van der Waals surface area contributed by atoms with Gasteiger partial charge < -0.3 is 15.0 Å². The minimum Gasteiger partial charge on any atom is -0.389 e. The second-order valence-corrected chi connectivity index (χ2v) is 7.99. The molecule has 0 radical (unpaired) electrons. The van der Waals surface area contributed by atoms with Gasteiger partial charge in [0.15, 0.2) is 0 Å². The predicted molar refractivity (Wildman–Crippen MR) is 124 cm³/mol. The Labute approximate surface area is 202 Å². The molecule has 0 spiro atoms. The van der Waals surface area contributed by atoms with Crippen LogP contribution in [0, 0.1) is 11.7 Å². The molecule has 0 saturated heterocycles. The van der Waals surface area contributed by atoms with Crippen LogP contribution in [0.2, 0.25) is 0 Å². The van der Waals surface area contributed by atoms with Gasteiger partial charge in [-0.05, 0) is 80.3 Å². The molecule has 0 fully saturated rings. The number of nitrogens with one attached hydrogen (secondary N) is 1. The van der Waals surface area contributed by atoms with Gasteiger partial charge in [0.25, 0.3) is 0 Å². The second kappa shape index (κ2) is 9.09. The first kappa shape index (κ1) is 11.1. The van der Waals surface area contributed by atoms with Gasteiger partial charge >= 0.3 is 0 Å². The van der Waals surface area contributed by atoms with Crippen molar-refractivity contribution in [1.82, 2.24) is 14.9 Å². The molecule has 2 atom stereocenters. The maximum absolute atomic E-state index is 14.2. The third-order valence-corrected chi connectivity index (χ3v) is 5.42. The summed E-state index contributed by atoms with van der Waals surface area (Å²) in [5.74, 6) is -3.21. The molecule has 3 aromatic rings. The third-order valence-electron chi connectivity index (χ3n) is 5.42. The number of fused-ring (bicyclic) bond motifs is 2. The number of halogens is 1. The van der Waals surface area contributed by atoms with Crippen LogP contribution >= 0.6 is 0 Å². The molecule has 5 heteroatoms. The third kappa shape index (κ3) is 4.83. The summed E-state index contributed by atoms with van der Waals surface area (Å²) in [6, 6.07) is 9.44. The lowest BCUT2D eigenvalue weighted by molar-refractivity contribution is -0.0301. The van der Waals surface area contributed by atoms with Crippen LogP contribution < -0.4 is 0 Å². The Kier molecular flexibility index (Phi) is 3.24. The van der Waals surface area contributed by atoms with Crippen LogP contribution in [0.5, 0.6) is 0 Å². The highest BCUT2D eigenvalue weighted by molar-refractivity contribution is 5.74. The van der Waals surface area contributed by atoms with E-state index in [0.717, 1.165) is 12.1 Å². The molecule has 166 valence electrons. The Bertz CT molecular complexity index is 1510. The number of imidazole rings is 1. The molecule has 31 heavy (non-hydrogen) atoms. The zero-order valence-electron chi connectivity index (χ0n) is 30.3. The number of para-hydroxylation sites is 2. The monoisotopic (exact) mass is 436 g/mol. The van der Waals surface area contributed by atoms with Crippen LogP contribution in [0.1, 0.15) is 73.7 Å². The van der Waals surface area contributed by atoms with Crippen molar-refractivity contribution in [2.45, 2.75) is 57.3 Å². The Morgan fingerprint density at radius 2 is 2.23 bits per heavy atom. The number of aromatic nitrogens is 2. The van der Waals surface area contributed by atoms with Gasteiger partial charge in [0, 0.05) is 36.7 Å². The topological polar surface area (TPSA) is 52.1 Å². The molecule has 4 rings (SSSR count). The average molecular weight is 437 g/mol. The number of hydrogen-bond donors (Lipinski definition) is 2. The van der Waals surface area contributed by atoms with Crippen molar-refractivity contribution in [2.75, 3.05) is 20.0 Å². The van der Waals surface area contributed by atoms with E-state index in [0.29, 0.717) is 5.52 Å². The minimum atomic E-state index is -3.62. The summed E-state index contributed by atoms with van der Waals surface area (Å²) in [5.41, 5.74) is -2.30. The van der Waals surface area contributed by atoms with Crippen LogP contribution in [0.15, 0.2) is 42.5 Å². The van der Waals surface area contributed by atoms with Crippen LogP contribution in [-0.4, -0.2) is 45.6 Å². The quantitative estimate of drug-likeness (QED) is 0.518. The second-order valence-electron chi connectivity index (χ2n) is 7.99. The number of aromatic amines is 1. The van der Waals surface area contributed by atoms with Gasteiger partial charge in [0.2, 0.25) is 0 Å². The molecule has 0 aliphatic heterocycles. The van der Waals surface area contributed by atoms with E-state index in [4.69, 9.17) is 17.8 Å². The molecular formula is C26H34FN3O. The molecule has 4 nitrogen and oxygen atoms in total. The fraction of sp³-hybridized carbons (Fsp3) is 0.500. The number of aliphatic hydroxyl groups is 1. The van der Waals surface area contributed by atoms with Crippen molar-refractivity contribution in [3.63, 3.8) is 0 Å². The fourth-order valence-corrected chi connectivity index (χ4v) is 4.05. The van der Waals surface area contributed by atoms with E-state index in [1.54, 1.807) is 32.0 Å². The van der Waals surface area contributed by atoms with Gasteiger partial charge in [-0.15, -0.1) is 0 Å². The van der Waals surface area contributed by atoms with Crippen molar-refractivity contribution < 1.29 is 27.3 Å². The summed E-state index contributed by atoms with van der Waals surface area (Å²) in [4.78, 5) is 6.72. The Morgan fingerprint density at radius 3 is 3.00 bits per heavy atom. The maximum atomic E-state index is 14.2. The van der Waals surface area contributed by atoms with Crippen molar-refractivity contribution in [3.8, 4) is 0 Å². The summed E-state index contributed by atoms with van der Waals surface area (Å²) >= 11 is 0. The summed E-state index contributed by atoms with van der Waals surface area (Å²) in [6.07, 6.45) is -13.9. The van der Waals surface area contributed by atoms with Crippen molar-refractivity contribution in [1.29, 1.82) is 0 Å². The summed E-state index contributed by atoms with van der Waals surface area (Å²) < 4.78 is 125. The summed E-state index contributed by atoms with van der Waals surface area (Å²) in [6.45, 7) is -4.86. The number of rotatable bonds is 8. The van der Waals surface area contributed by atoms with E-state index >= 15 is 0 Å². The fourth-order valence-electron chi connectivity index (χ4n) is 4.05. The summed E-state index contributed by atoms with van der Waals surface area (Å²) in [5, 5.41) is 12.1. The Balaban J connectivity index is 1.79. The number of nitrogens with zero attached hydrogens (tertiary/aromatic N) is 2. The number of hydrogen-bond acceptors (Lipinski definition) is 3. The van der Waals surface area contributed by atoms with Crippen molar-refractivity contribution in [2.24, 2.45) is 5.92 Å². The first-order valence-electron chi connectivity index (χ1n) is 16.6. The predicted octanol–water partition coefficient (Wildman–Crippen LogP) is 5.07. The molecule has 2 aromatic carbocycles. The highest BCUT2D eigenvalue weighted by Crippen LogP contribution is 2.45. The minimum absolute atomic E-state index is 0.0433. The highest BCUT2D eigenvalue weighted by Gasteiger charge is 2.43. The standard InChI is InChI=1S/C26H34FN3O/c1-18(2)25-21-11-10-20(27)17-19(21)12-13-26(25,31)14-16-30(3)15-6-9-24-28-22-7-4-5-8-23(22)29-24/h4-5,7-8,10-11,17-18,25,31H,6,9,12-16H2,1-3H3,(H,28,29)/t25-,26+/m0/s1/i3D3,6D2,9D2,12D2,13D2,15D2. The van der Waals surface area contributed by atoms with E-state index in [-0.39, 0.29) is 21.5 Å². The number of aryl methyl sites for hydroxylation is 2. The molecule has 0 amide bonds. The Hall–Kier alpha value is -2.24.